The SMILES string of the molecule is FC(F)(F)c1cc(-c2ccc(-c3nc(-c4ccccc4)nc(-c4ccccc4)n3)cc2-n2c3cc(-c4ccccc4)ccc3c3ccc(-c4ccccc4)cc32)cc(C(F)(F)F)c1. The molecule has 4 nitrogen and oxygen atoms in total. The number of hydrogen-bond donors (Lipinski definition) is 0. The molecule has 0 unspecified atom stereocenters. The first-order chi connectivity index (χ1) is 30.5. The van der Waals surface area contributed by atoms with Crippen LogP contribution in [0, 0.1) is 0 Å². The molecule has 0 fully saturated rings. The van der Waals surface area contributed by atoms with E-state index in [-0.39, 0.29) is 23.0 Å². The van der Waals surface area contributed by atoms with Gasteiger partial charge < -0.3 is 4.57 Å². The van der Waals surface area contributed by atoms with Gasteiger partial charge in [-0.25, -0.2) is 15.0 Å². The van der Waals surface area contributed by atoms with Crippen LogP contribution in [0.2, 0.25) is 0 Å². The second-order valence-corrected chi connectivity index (χ2v) is 15.1. The fraction of sp³-hybridized carbons (Fsp3) is 0.0377. The van der Waals surface area contributed by atoms with E-state index in [1.165, 1.54) is 0 Å². The van der Waals surface area contributed by atoms with Crippen LogP contribution in [0.4, 0.5) is 26.3 Å². The number of nitrogens with zero attached hydrogens (tertiary/aromatic N) is 4. The minimum Gasteiger partial charge on any atom is -0.309 e. The Morgan fingerprint density at radius 3 is 1.11 bits per heavy atom. The minimum absolute atomic E-state index is 0.130. The lowest BCUT2D eigenvalue weighted by Gasteiger charge is -2.19. The van der Waals surface area contributed by atoms with Crippen LogP contribution in [0.15, 0.2) is 194 Å². The predicted molar refractivity (Wildman–Crippen MR) is 237 cm³/mol. The summed E-state index contributed by atoms with van der Waals surface area (Å²) in [6, 6.07) is 56.8. The van der Waals surface area contributed by atoms with E-state index in [0.29, 0.717) is 33.9 Å². The van der Waals surface area contributed by atoms with Crippen molar-refractivity contribution in [3.05, 3.63) is 205 Å². The second kappa shape index (κ2) is 15.6. The Balaban J connectivity index is 1.32. The van der Waals surface area contributed by atoms with Gasteiger partial charge in [0, 0.05) is 33.0 Å². The third-order valence-corrected chi connectivity index (χ3v) is 11.1. The molecule has 0 aliphatic heterocycles. The highest BCUT2D eigenvalue weighted by molar-refractivity contribution is 6.11. The Morgan fingerprint density at radius 2 is 0.698 bits per heavy atom. The summed E-state index contributed by atoms with van der Waals surface area (Å²) in [5, 5.41) is 1.66. The van der Waals surface area contributed by atoms with Crippen molar-refractivity contribution in [3.8, 4) is 73.2 Å². The molecule has 306 valence electrons. The van der Waals surface area contributed by atoms with Crippen LogP contribution in [0.3, 0.4) is 0 Å². The monoisotopic (exact) mass is 838 g/mol. The Labute approximate surface area is 357 Å². The molecule has 63 heavy (non-hydrogen) atoms. The number of halogens is 6. The van der Waals surface area contributed by atoms with Crippen molar-refractivity contribution >= 4 is 21.8 Å². The van der Waals surface area contributed by atoms with Crippen molar-refractivity contribution in [2.45, 2.75) is 12.4 Å². The summed E-state index contributed by atoms with van der Waals surface area (Å²) in [6.07, 6.45) is -10.1. The zero-order valence-corrected chi connectivity index (χ0v) is 33.0. The van der Waals surface area contributed by atoms with Crippen LogP contribution in [-0.4, -0.2) is 19.5 Å². The topological polar surface area (TPSA) is 43.6 Å². The summed E-state index contributed by atoms with van der Waals surface area (Å²) < 4.78 is 88.9. The number of aromatic nitrogens is 4. The maximum Gasteiger partial charge on any atom is 0.416 e. The molecule has 0 bridgehead atoms. The predicted octanol–water partition coefficient (Wildman–Crippen LogP) is 15.0. The summed E-state index contributed by atoms with van der Waals surface area (Å²) in [4.78, 5) is 14.7. The lowest BCUT2D eigenvalue weighted by Crippen LogP contribution is -2.11. The summed E-state index contributed by atoms with van der Waals surface area (Å²) >= 11 is 0. The fourth-order valence-electron chi connectivity index (χ4n) is 8.05. The maximum atomic E-state index is 14.5. The zero-order chi connectivity index (χ0) is 43.3. The highest BCUT2D eigenvalue weighted by atomic mass is 19.4. The molecule has 0 N–H and O–H groups in total. The van der Waals surface area contributed by atoms with Crippen LogP contribution in [0.1, 0.15) is 11.1 Å². The molecule has 10 rings (SSSR count). The lowest BCUT2D eigenvalue weighted by atomic mass is 9.96. The molecule has 0 saturated heterocycles. The quantitative estimate of drug-likeness (QED) is 0.150. The van der Waals surface area contributed by atoms with Gasteiger partial charge in [0.2, 0.25) is 0 Å². The van der Waals surface area contributed by atoms with Gasteiger partial charge in [0.15, 0.2) is 17.5 Å². The molecule has 0 radical (unpaired) electrons. The Kier molecular flexibility index (Phi) is 9.71. The molecular formula is C53H32F6N4. The Morgan fingerprint density at radius 1 is 0.317 bits per heavy atom. The molecule has 10 aromatic rings. The lowest BCUT2D eigenvalue weighted by molar-refractivity contribution is -0.143. The van der Waals surface area contributed by atoms with Gasteiger partial charge in [-0.05, 0) is 64.2 Å². The number of rotatable bonds is 7. The molecular weight excluding hydrogens is 807 g/mol. The van der Waals surface area contributed by atoms with Crippen molar-refractivity contribution in [1.82, 2.24) is 19.5 Å². The summed E-state index contributed by atoms with van der Waals surface area (Å²) in [6.45, 7) is 0. The third-order valence-electron chi connectivity index (χ3n) is 11.1. The normalized spacial score (nSPS) is 12.0. The number of benzene rings is 8. The average molecular weight is 839 g/mol. The van der Waals surface area contributed by atoms with Crippen LogP contribution < -0.4 is 0 Å². The van der Waals surface area contributed by atoms with Gasteiger partial charge >= 0.3 is 12.4 Å². The molecule has 0 saturated carbocycles. The maximum absolute atomic E-state index is 14.5. The summed E-state index contributed by atoms with van der Waals surface area (Å²) in [5.74, 6) is 1.02. The number of alkyl halides is 6. The average Bonchev–Trinajstić information content (AvgIpc) is 3.64. The highest BCUT2D eigenvalue weighted by Crippen LogP contribution is 2.44. The third kappa shape index (κ3) is 7.61. The van der Waals surface area contributed by atoms with Crippen molar-refractivity contribution < 1.29 is 26.3 Å². The molecule has 0 atom stereocenters. The Bertz CT molecular complexity index is 3100. The van der Waals surface area contributed by atoms with Gasteiger partial charge in [0.05, 0.1) is 27.8 Å². The molecule has 2 heterocycles. The van der Waals surface area contributed by atoms with E-state index in [2.05, 4.69) is 0 Å². The zero-order valence-electron chi connectivity index (χ0n) is 33.0. The summed E-state index contributed by atoms with van der Waals surface area (Å²) in [5.41, 5.74) is 4.21. The van der Waals surface area contributed by atoms with Crippen molar-refractivity contribution in [1.29, 1.82) is 0 Å². The molecule has 0 aliphatic rings. The van der Waals surface area contributed by atoms with Crippen molar-refractivity contribution in [2.24, 2.45) is 0 Å². The van der Waals surface area contributed by atoms with Crippen LogP contribution in [0.5, 0.6) is 0 Å². The van der Waals surface area contributed by atoms with Gasteiger partial charge in [0.1, 0.15) is 0 Å². The van der Waals surface area contributed by atoms with Gasteiger partial charge in [0.25, 0.3) is 0 Å². The van der Waals surface area contributed by atoms with Gasteiger partial charge in [-0.15, -0.1) is 0 Å². The van der Waals surface area contributed by atoms with Gasteiger partial charge in [-0.3, -0.25) is 0 Å². The van der Waals surface area contributed by atoms with Gasteiger partial charge in [-0.1, -0.05) is 158 Å². The minimum atomic E-state index is -5.06. The molecule has 2 aromatic heterocycles. The first-order valence-electron chi connectivity index (χ1n) is 20.0. The fourth-order valence-corrected chi connectivity index (χ4v) is 8.05. The van der Waals surface area contributed by atoms with E-state index in [1.54, 1.807) is 18.2 Å². The van der Waals surface area contributed by atoms with E-state index in [0.717, 1.165) is 56.3 Å². The van der Waals surface area contributed by atoms with Crippen LogP contribution >= 0.6 is 0 Å². The van der Waals surface area contributed by atoms with Gasteiger partial charge in [-0.2, -0.15) is 26.3 Å². The first kappa shape index (κ1) is 39.3. The summed E-state index contributed by atoms with van der Waals surface area (Å²) in [7, 11) is 0. The van der Waals surface area contributed by atoms with E-state index >= 15 is 0 Å². The number of fused-ring (bicyclic) bond motifs is 3. The van der Waals surface area contributed by atoms with E-state index in [4.69, 9.17) is 15.0 Å². The van der Waals surface area contributed by atoms with Crippen molar-refractivity contribution in [3.63, 3.8) is 0 Å². The standard InChI is InChI=1S/C53H32F6N4/c54-52(55,56)41-27-40(28-42(32-41)53(57,58)59)43-24-23-39(51-61-49(35-17-9-3-10-18-35)60-50(62-51)36-19-11-4-12-20-36)31-46(43)63-47-29-37(33-13-5-1-6-14-33)21-25-44(47)45-26-22-38(30-48(45)63)34-15-7-2-8-16-34/h1-32H. The van der Waals surface area contributed by atoms with E-state index < -0.39 is 23.5 Å². The Hall–Kier alpha value is -7.85. The molecule has 0 aliphatic carbocycles. The molecule has 10 heteroatoms. The number of hydrogen-bond acceptors (Lipinski definition) is 3. The first-order valence-corrected chi connectivity index (χ1v) is 20.0. The van der Waals surface area contributed by atoms with E-state index in [9.17, 15) is 26.3 Å². The molecule has 0 amide bonds. The molecule has 0 spiro atoms. The van der Waals surface area contributed by atoms with Crippen molar-refractivity contribution in [2.75, 3.05) is 0 Å². The van der Waals surface area contributed by atoms with Crippen LogP contribution in [0.25, 0.3) is 95.0 Å². The highest BCUT2D eigenvalue weighted by Gasteiger charge is 2.37. The van der Waals surface area contributed by atoms with Crippen LogP contribution in [-0.2, 0) is 12.4 Å². The molecule has 8 aromatic carbocycles. The smallest absolute Gasteiger partial charge is 0.309 e. The largest absolute Gasteiger partial charge is 0.416 e. The van der Waals surface area contributed by atoms with E-state index in [1.807, 2.05) is 162 Å². The second-order valence-electron chi connectivity index (χ2n) is 15.1.